The number of hydrogen-bond acceptors (Lipinski definition) is 6. The molecular weight excluding hydrogens is 309 g/mol. The van der Waals surface area contributed by atoms with Crippen LogP contribution in [0.1, 0.15) is 0 Å². The van der Waals surface area contributed by atoms with E-state index in [1.807, 2.05) is 0 Å². The number of carbonyl (C=O) groups is 1. The van der Waals surface area contributed by atoms with Crippen molar-refractivity contribution in [3.8, 4) is 5.75 Å². The summed E-state index contributed by atoms with van der Waals surface area (Å²) in [7, 11) is -5.87. The Kier molecular flexibility index (Phi) is 7.60. The number of rotatable bonds is 6. The van der Waals surface area contributed by atoms with Crippen LogP contribution in [0.15, 0.2) is 30.3 Å². The standard InChI is InChI=1S/C10H10F2O6S.Na/c11-10(12,19(14,15)16)7-18-9(13)6-17-8-4-2-1-3-5-8;/h1-5H,6-7H2,(H,14,15,16);/q;+1/p-1. The normalized spacial score (nSPS) is 11.3. The van der Waals surface area contributed by atoms with Crippen molar-refractivity contribution in [1.29, 1.82) is 0 Å². The maximum absolute atomic E-state index is 12.6. The van der Waals surface area contributed by atoms with E-state index in [1.54, 1.807) is 18.2 Å². The predicted octanol–water partition coefficient (Wildman–Crippen LogP) is -2.25. The Labute approximate surface area is 136 Å². The minimum atomic E-state index is -5.87. The summed E-state index contributed by atoms with van der Waals surface area (Å²) >= 11 is 0. The Morgan fingerprint density at radius 1 is 1.25 bits per heavy atom. The van der Waals surface area contributed by atoms with Gasteiger partial charge in [-0.3, -0.25) is 0 Å². The first-order chi connectivity index (χ1) is 8.72. The zero-order valence-electron chi connectivity index (χ0n) is 10.4. The number of halogens is 2. The van der Waals surface area contributed by atoms with Gasteiger partial charge in [0.25, 0.3) is 0 Å². The van der Waals surface area contributed by atoms with Crippen molar-refractivity contribution >= 4 is 16.1 Å². The van der Waals surface area contributed by atoms with Crippen LogP contribution in [-0.2, 0) is 19.6 Å². The van der Waals surface area contributed by atoms with E-state index in [9.17, 15) is 26.5 Å². The average Bonchev–Trinajstić information content (AvgIpc) is 2.34. The van der Waals surface area contributed by atoms with Gasteiger partial charge in [-0.25, -0.2) is 13.2 Å². The molecule has 1 aromatic carbocycles. The smallest absolute Gasteiger partial charge is 0.743 e. The summed E-state index contributed by atoms with van der Waals surface area (Å²) in [5, 5.41) is -4.66. The van der Waals surface area contributed by atoms with Gasteiger partial charge < -0.3 is 14.0 Å². The Morgan fingerprint density at radius 3 is 2.30 bits per heavy atom. The van der Waals surface area contributed by atoms with E-state index in [1.165, 1.54) is 12.1 Å². The van der Waals surface area contributed by atoms with Crippen LogP contribution in [0.25, 0.3) is 0 Å². The molecule has 0 saturated carbocycles. The SMILES string of the molecule is O=C(COc1ccccc1)OCC(F)(F)S(=O)(=O)[O-].[Na+]. The minimum Gasteiger partial charge on any atom is -0.743 e. The number of alkyl halides is 2. The van der Waals surface area contributed by atoms with Gasteiger partial charge in [0.1, 0.15) is 5.75 Å². The Hall–Kier alpha value is -0.740. The number of para-hydroxylation sites is 1. The van der Waals surface area contributed by atoms with E-state index < -0.39 is 34.6 Å². The topological polar surface area (TPSA) is 92.7 Å². The van der Waals surface area contributed by atoms with Crippen molar-refractivity contribution in [2.24, 2.45) is 0 Å². The van der Waals surface area contributed by atoms with Crippen molar-refractivity contribution in [2.75, 3.05) is 13.2 Å². The quantitative estimate of drug-likeness (QED) is 0.334. The first kappa shape index (κ1) is 19.3. The second kappa shape index (κ2) is 7.89. The van der Waals surface area contributed by atoms with Gasteiger partial charge in [-0.15, -0.1) is 0 Å². The zero-order chi connectivity index (χ0) is 14.5. The molecule has 6 nitrogen and oxygen atoms in total. The maximum atomic E-state index is 12.6. The zero-order valence-corrected chi connectivity index (χ0v) is 13.2. The summed E-state index contributed by atoms with van der Waals surface area (Å²) < 4.78 is 64.5. The molecule has 0 radical (unpaired) electrons. The fourth-order valence-electron chi connectivity index (χ4n) is 0.937. The van der Waals surface area contributed by atoms with Crippen molar-refractivity contribution in [1.82, 2.24) is 0 Å². The van der Waals surface area contributed by atoms with Crippen molar-refractivity contribution in [3.63, 3.8) is 0 Å². The van der Waals surface area contributed by atoms with E-state index in [2.05, 4.69) is 4.74 Å². The monoisotopic (exact) mass is 318 g/mol. The fourth-order valence-corrected chi connectivity index (χ4v) is 1.14. The van der Waals surface area contributed by atoms with Crippen LogP contribution in [0.4, 0.5) is 8.78 Å². The number of hydrogen-bond donors (Lipinski definition) is 0. The number of benzene rings is 1. The van der Waals surface area contributed by atoms with Crippen LogP contribution < -0.4 is 34.3 Å². The third-order valence-electron chi connectivity index (χ3n) is 1.87. The van der Waals surface area contributed by atoms with Gasteiger partial charge in [0, 0.05) is 0 Å². The van der Waals surface area contributed by atoms with E-state index in [4.69, 9.17) is 4.74 Å². The molecule has 0 saturated heterocycles. The van der Waals surface area contributed by atoms with Crippen molar-refractivity contribution in [3.05, 3.63) is 30.3 Å². The van der Waals surface area contributed by atoms with Crippen LogP contribution in [0.5, 0.6) is 5.75 Å². The fraction of sp³-hybridized carbons (Fsp3) is 0.300. The maximum Gasteiger partial charge on any atom is 1.00 e. The van der Waals surface area contributed by atoms with Crippen LogP contribution in [0.3, 0.4) is 0 Å². The molecule has 10 heteroatoms. The van der Waals surface area contributed by atoms with Gasteiger partial charge in [-0.1, -0.05) is 18.2 Å². The summed E-state index contributed by atoms with van der Waals surface area (Å²) in [6, 6.07) is 7.98. The van der Waals surface area contributed by atoms with E-state index in [0.29, 0.717) is 5.75 Å². The summed E-state index contributed by atoms with van der Waals surface area (Å²) in [5.41, 5.74) is 0. The van der Waals surface area contributed by atoms with Crippen LogP contribution in [0, 0.1) is 0 Å². The Balaban J connectivity index is 0.00000361. The van der Waals surface area contributed by atoms with Gasteiger partial charge in [0.2, 0.25) is 0 Å². The molecule has 0 fully saturated rings. The van der Waals surface area contributed by atoms with Crippen LogP contribution >= 0.6 is 0 Å². The third-order valence-corrected chi connectivity index (χ3v) is 2.72. The van der Waals surface area contributed by atoms with Gasteiger partial charge in [-0.05, 0) is 12.1 Å². The number of esters is 1. The van der Waals surface area contributed by atoms with Gasteiger partial charge >= 0.3 is 40.8 Å². The molecule has 0 aliphatic heterocycles. The minimum absolute atomic E-state index is 0. The molecule has 0 heterocycles. The summed E-state index contributed by atoms with van der Waals surface area (Å²) in [6.45, 7) is -2.52. The van der Waals surface area contributed by atoms with Crippen LogP contribution in [0.2, 0.25) is 0 Å². The second-order valence-electron chi connectivity index (χ2n) is 3.35. The molecule has 0 spiro atoms. The summed E-state index contributed by atoms with van der Waals surface area (Å²) in [5.74, 6) is -0.908. The first-order valence-corrected chi connectivity index (χ1v) is 6.30. The molecule has 1 rings (SSSR count). The second-order valence-corrected chi connectivity index (χ2v) is 4.86. The molecule has 0 aliphatic rings. The molecule has 0 aliphatic carbocycles. The molecule has 0 amide bonds. The molecule has 20 heavy (non-hydrogen) atoms. The van der Waals surface area contributed by atoms with Gasteiger partial charge in [-0.2, -0.15) is 8.78 Å². The molecule has 0 unspecified atom stereocenters. The molecule has 0 aromatic heterocycles. The Bertz CT molecular complexity index is 534. The molecule has 1 aromatic rings. The summed E-state index contributed by atoms with van der Waals surface area (Å²) in [6.07, 6.45) is 0. The van der Waals surface area contributed by atoms with E-state index in [-0.39, 0.29) is 29.6 Å². The van der Waals surface area contributed by atoms with Crippen molar-refractivity contribution < 1.29 is 65.6 Å². The molecular formula is C10H9F2NaO6S. The molecule has 0 N–H and O–H groups in total. The van der Waals surface area contributed by atoms with E-state index in [0.717, 1.165) is 0 Å². The average molecular weight is 318 g/mol. The molecule has 0 bridgehead atoms. The van der Waals surface area contributed by atoms with E-state index >= 15 is 0 Å². The molecule has 106 valence electrons. The predicted molar refractivity (Wildman–Crippen MR) is 57.5 cm³/mol. The third kappa shape index (κ3) is 6.14. The summed E-state index contributed by atoms with van der Waals surface area (Å²) in [4.78, 5) is 11.0. The first-order valence-electron chi connectivity index (χ1n) is 4.89. The van der Waals surface area contributed by atoms with Crippen molar-refractivity contribution in [2.45, 2.75) is 5.25 Å². The largest absolute Gasteiger partial charge is 1.00 e. The van der Waals surface area contributed by atoms with Gasteiger partial charge in [0.05, 0.1) is 0 Å². The number of ether oxygens (including phenoxy) is 2. The van der Waals surface area contributed by atoms with Crippen LogP contribution in [-0.4, -0.2) is 37.4 Å². The number of carbonyl (C=O) groups excluding carboxylic acids is 1. The van der Waals surface area contributed by atoms with Gasteiger partial charge in [0.15, 0.2) is 23.3 Å². The molecule has 0 atom stereocenters. The Morgan fingerprint density at radius 2 is 1.80 bits per heavy atom.